The molecule has 1 aromatic heterocycles. The normalized spacial score (nSPS) is 11.5. The predicted molar refractivity (Wildman–Crippen MR) is 185 cm³/mol. The minimum Gasteiger partial charge on any atom is -0.345 e. The van der Waals surface area contributed by atoms with E-state index < -0.39 is 8.07 Å². The fraction of sp³-hybridized carbons (Fsp3) is 0.154. The second-order valence-corrected chi connectivity index (χ2v) is 15.1. The van der Waals surface area contributed by atoms with Gasteiger partial charge in [-0.25, -0.2) is 0 Å². The van der Waals surface area contributed by atoms with Gasteiger partial charge < -0.3 is 4.57 Å². The Hall–Kier alpha value is -4.41. The summed E-state index contributed by atoms with van der Waals surface area (Å²) in [6, 6.07) is 51.6. The third-order valence-electron chi connectivity index (χ3n) is 8.76. The van der Waals surface area contributed by atoms with Gasteiger partial charge in [-0.15, -0.1) is 0 Å². The Morgan fingerprint density at radius 2 is 1.02 bits per heavy atom. The van der Waals surface area contributed by atoms with E-state index in [9.17, 15) is 0 Å². The lowest BCUT2D eigenvalue weighted by molar-refractivity contribution is 0.889. The van der Waals surface area contributed by atoms with E-state index in [0.29, 0.717) is 0 Å². The Labute approximate surface area is 258 Å². The molecule has 0 spiro atoms. The Kier molecular flexibility index (Phi) is 8.86. The number of rotatable bonds is 11. The molecule has 5 aromatic carbocycles. The molecular formula is C39H38BN2Si. The molecule has 0 aliphatic carbocycles. The van der Waals surface area contributed by atoms with Gasteiger partial charge in [0.05, 0.1) is 5.72 Å². The number of hydrogen-bond acceptors (Lipinski definition) is 1. The summed E-state index contributed by atoms with van der Waals surface area (Å²) in [5, 5.41) is 4.25. The van der Waals surface area contributed by atoms with Gasteiger partial charge in [0, 0.05) is 18.6 Å². The van der Waals surface area contributed by atoms with E-state index in [1.165, 1.54) is 37.8 Å². The Morgan fingerprint density at radius 3 is 1.49 bits per heavy atom. The first kappa shape index (κ1) is 28.7. The maximum atomic E-state index is 4.96. The van der Waals surface area contributed by atoms with E-state index in [4.69, 9.17) is 4.98 Å². The van der Waals surface area contributed by atoms with E-state index in [1.807, 2.05) is 6.20 Å². The largest absolute Gasteiger partial charge is 0.345 e. The van der Waals surface area contributed by atoms with Gasteiger partial charge in [0.2, 0.25) is 7.28 Å². The summed E-state index contributed by atoms with van der Waals surface area (Å²) in [6.07, 6.45) is 7.06. The van der Waals surface area contributed by atoms with Gasteiger partial charge in [-0.3, -0.25) is 4.98 Å². The van der Waals surface area contributed by atoms with Crippen molar-refractivity contribution >= 4 is 36.6 Å². The molecule has 0 bridgehead atoms. The lowest BCUT2D eigenvalue weighted by Crippen LogP contribution is -2.70. The van der Waals surface area contributed by atoms with Crippen LogP contribution in [0.25, 0.3) is 0 Å². The minimum atomic E-state index is -2.54. The van der Waals surface area contributed by atoms with Crippen LogP contribution in [0.4, 0.5) is 0 Å². The highest BCUT2D eigenvalue weighted by atomic mass is 28.3. The summed E-state index contributed by atoms with van der Waals surface area (Å²) < 4.78 is 2.40. The molecule has 0 atom stereocenters. The highest BCUT2D eigenvalue weighted by Crippen LogP contribution is 2.23. The molecule has 0 aliphatic rings. The van der Waals surface area contributed by atoms with E-state index in [-0.39, 0.29) is 5.82 Å². The average Bonchev–Trinajstić information content (AvgIpc) is 3.53. The van der Waals surface area contributed by atoms with Crippen LogP contribution in [0.5, 0.6) is 0 Å². The van der Waals surface area contributed by atoms with Gasteiger partial charge in [0.15, 0.2) is 8.07 Å². The zero-order valence-corrected chi connectivity index (χ0v) is 26.1. The molecular weight excluding hydrogens is 535 g/mol. The van der Waals surface area contributed by atoms with Crippen LogP contribution in [0.3, 0.4) is 0 Å². The first-order valence-electron chi connectivity index (χ1n) is 15.4. The van der Waals surface area contributed by atoms with Crippen molar-refractivity contribution in [2.45, 2.75) is 38.7 Å². The maximum absolute atomic E-state index is 4.96. The van der Waals surface area contributed by atoms with Crippen molar-refractivity contribution in [2.75, 3.05) is 0 Å². The van der Waals surface area contributed by atoms with Crippen molar-refractivity contribution in [3.63, 3.8) is 0 Å². The van der Waals surface area contributed by atoms with Gasteiger partial charge in [-0.05, 0) is 56.5 Å². The van der Waals surface area contributed by atoms with Crippen LogP contribution >= 0.6 is 0 Å². The third-order valence-corrected chi connectivity index (χ3v) is 13.5. The SMILES string of the molecule is CCc1ccc([Si](Cn2ccnc2[B]C(c2ccccc2)c2ccccc2)(c2ccccc2)c2ccc(CC)cc2)cc1. The predicted octanol–water partition coefficient (Wildman–Crippen LogP) is 5.84. The smallest absolute Gasteiger partial charge is 0.215 e. The van der Waals surface area contributed by atoms with Gasteiger partial charge in [-0.2, -0.15) is 0 Å². The topological polar surface area (TPSA) is 17.8 Å². The summed E-state index contributed by atoms with van der Waals surface area (Å²) in [5.41, 5.74) is 6.26. The first-order chi connectivity index (χ1) is 21.2. The molecule has 1 radical (unpaired) electrons. The van der Waals surface area contributed by atoms with Crippen LogP contribution in [0, 0.1) is 0 Å². The standard InChI is InChI=1S/C39H38BN2Si/c1-3-31-20-24-36(25-21-31)43(35-18-12-7-13-19-35,37-26-22-32(4-2)23-27-37)30-42-29-28-41-39(42)40-38(33-14-8-5-9-15-33)34-16-10-6-11-17-34/h5-29,38H,3-4,30H2,1-2H3. The lowest BCUT2D eigenvalue weighted by Gasteiger charge is -2.35. The molecule has 6 aromatic rings. The first-order valence-corrected chi connectivity index (χ1v) is 17.6. The van der Waals surface area contributed by atoms with Gasteiger partial charge in [0.25, 0.3) is 0 Å². The summed E-state index contributed by atoms with van der Waals surface area (Å²) in [6.45, 7) is 4.45. The Balaban J connectivity index is 1.49. The van der Waals surface area contributed by atoms with Crippen LogP contribution in [-0.2, 0) is 19.0 Å². The molecule has 0 N–H and O–H groups in total. The van der Waals surface area contributed by atoms with Crippen LogP contribution in [0.15, 0.2) is 152 Å². The number of hydrogen-bond donors (Lipinski definition) is 0. The zero-order chi connectivity index (χ0) is 29.5. The summed E-state index contributed by atoms with van der Waals surface area (Å²) >= 11 is 0. The maximum Gasteiger partial charge on any atom is 0.215 e. The van der Waals surface area contributed by atoms with Gasteiger partial charge >= 0.3 is 0 Å². The molecule has 1 heterocycles. The fourth-order valence-corrected chi connectivity index (χ4v) is 10.8. The second-order valence-electron chi connectivity index (χ2n) is 11.3. The molecule has 211 valence electrons. The molecule has 0 aliphatic heterocycles. The van der Waals surface area contributed by atoms with Crippen molar-refractivity contribution in [3.05, 3.63) is 174 Å². The van der Waals surface area contributed by atoms with E-state index >= 15 is 0 Å². The number of imidazole rings is 1. The van der Waals surface area contributed by atoms with Crippen molar-refractivity contribution < 1.29 is 0 Å². The summed E-state index contributed by atoms with van der Waals surface area (Å²) in [7, 11) is -0.195. The number of aromatic nitrogens is 2. The molecule has 2 nitrogen and oxygen atoms in total. The monoisotopic (exact) mass is 573 g/mol. The summed E-state index contributed by atoms with van der Waals surface area (Å²) in [5.74, 6) is 0.101. The van der Waals surface area contributed by atoms with Crippen molar-refractivity contribution in [2.24, 2.45) is 0 Å². The molecule has 0 amide bonds. The lowest BCUT2D eigenvalue weighted by atomic mass is 9.58. The van der Waals surface area contributed by atoms with Crippen LogP contribution in [0.2, 0.25) is 0 Å². The fourth-order valence-electron chi connectivity index (χ4n) is 6.27. The highest BCUT2D eigenvalue weighted by molar-refractivity contribution is 7.10. The molecule has 0 unspecified atom stereocenters. The molecule has 43 heavy (non-hydrogen) atoms. The third kappa shape index (κ3) is 6.07. The van der Waals surface area contributed by atoms with Crippen LogP contribution < -0.4 is 21.3 Å². The number of aryl methyl sites for hydroxylation is 2. The quantitative estimate of drug-likeness (QED) is 0.141. The van der Waals surface area contributed by atoms with Gasteiger partial charge in [0.1, 0.15) is 0 Å². The Morgan fingerprint density at radius 1 is 0.581 bits per heavy atom. The highest BCUT2D eigenvalue weighted by Gasteiger charge is 2.40. The second kappa shape index (κ2) is 13.3. The number of nitrogens with zero attached hydrogens (tertiary/aromatic N) is 2. The minimum absolute atomic E-state index is 0.101. The van der Waals surface area contributed by atoms with Crippen LogP contribution in [-0.4, -0.2) is 24.9 Å². The van der Waals surface area contributed by atoms with Crippen molar-refractivity contribution in [3.8, 4) is 0 Å². The van der Waals surface area contributed by atoms with Crippen molar-refractivity contribution in [1.82, 2.24) is 9.55 Å². The van der Waals surface area contributed by atoms with E-state index in [1.54, 1.807) is 0 Å². The average molecular weight is 574 g/mol. The van der Waals surface area contributed by atoms with Crippen LogP contribution in [0.1, 0.15) is 41.9 Å². The Bertz CT molecular complexity index is 1630. The molecule has 0 saturated carbocycles. The van der Waals surface area contributed by atoms with Gasteiger partial charge in [-0.1, -0.05) is 153 Å². The summed E-state index contributed by atoms with van der Waals surface area (Å²) in [4.78, 5) is 4.96. The molecule has 0 fully saturated rings. The molecule has 0 saturated heterocycles. The van der Waals surface area contributed by atoms with E-state index in [0.717, 1.165) is 24.7 Å². The van der Waals surface area contributed by atoms with Crippen molar-refractivity contribution in [1.29, 1.82) is 0 Å². The number of benzene rings is 5. The molecule has 4 heteroatoms. The zero-order valence-electron chi connectivity index (χ0n) is 25.1. The van der Waals surface area contributed by atoms with E-state index in [2.05, 4.69) is 171 Å². The molecule has 6 rings (SSSR count).